The number of aromatic nitrogens is 4. The van der Waals surface area contributed by atoms with Crippen molar-refractivity contribution < 1.29 is 0 Å². The third-order valence-corrected chi connectivity index (χ3v) is 9.85. The summed E-state index contributed by atoms with van der Waals surface area (Å²) < 4.78 is 0. The van der Waals surface area contributed by atoms with Crippen molar-refractivity contribution in [1.82, 2.24) is 19.9 Å². The van der Waals surface area contributed by atoms with Gasteiger partial charge in [-0.05, 0) is 63.0 Å². The van der Waals surface area contributed by atoms with Crippen LogP contribution in [0.25, 0.3) is 99.8 Å². The first kappa shape index (κ1) is 29.8. The Kier molecular flexibility index (Phi) is 7.10. The predicted octanol–water partition coefficient (Wildman–Crippen LogP) is 12.2. The molecule has 10 aromatic rings. The van der Waals surface area contributed by atoms with E-state index in [2.05, 4.69) is 121 Å². The first-order chi connectivity index (χ1) is 25.7. The van der Waals surface area contributed by atoms with E-state index in [1.807, 2.05) is 60.7 Å². The van der Waals surface area contributed by atoms with E-state index in [-0.39, 0.29) is 0 Å². The van der Waals surface area contributed by atoms with Crippen molar-refractivity contribution in [1.29, 1.82) is 0 Å². The Morgan fingerprint density at radius 3 is 1.67 bits per heavy atom. The van der Waals surface area contributed by atoms with Crippen LogP contribution in [0.15, 0.2) is 182 Å². The molecule has 0 spiro atoms. The number of pyridine rings is 2. The molecule has 0 amide bonds. The van der Waals surface area contributed by atoms with Gasteiger partial charge in [-0.2, -0.15) is 0 Å². The number of benzene rings is 7. The number of hydrogen-bond acceptors (Lipinski definition) is 4. The van der Waals surface area contributed by atoms with Gasteiger partial charge in [-0.25, -0.2) is 19.9 Å². The molecule has 3 heterocycles. The Morgan fingerprint density at radius 2 is 0.865 bits per heavy atom. The lowest BCUT2D eigenvalue weighted by Crippen LogP contribution is -1.97. The molecule has 0 atom stereocenters. The lowest BCUT2D eigenvalue weighted by atomic mass is 9.93. The smallest absolute Gasteiger partial charge is 0.160 e. The van der Waals surface area contributed by atoms with Gasteiger partial charge in [0, 0.05) is 27.5 Å². The molecule has 52 heavy (non-hydrogen) atoms. The fourth-order valence-corrected chi connectivity index (χ4v) is 7.22. The maximum atomic E-state index is 5.20. The molecule has 0 bridgehead atoms. The average Bonchev–Trinajstić information content (AvgIpc) is 3.23. The molecule has 0 saturated heterocycles. The summed E-state index contributed by atoms with van der Waals surface area (Å²) in [6.07, 6.45) is 0. The van der Waals surface area contributed by atoms with Gasteiger partial charge in [-0.15, -0.1) is 0 Å². The van der Waals surface area contributed by atoms with Crippen LogP contribution in [0.2, 0.25) is 0 Å². The summed E-state index contributed by atoms with van der Waals surface area (Å²) in [5.74, 6) is 0.670. The van der Waals surface area contributed by atoms with Crippen molar-refractivity contribution in [2.45, 2.75) is 0 Å². The van der Waals surface area contributed by atoms with Crippen molar-refractivity contribution in [2.75, 3.05) is 0 Å². The molecular formula is C48H30N4. The Labute approximate surface area is 300 Å². The fraction of sp³-hybridized carbons (Fsp3) is 0. The van der Waals surface area contributed by atoms with Gasteiger partial charge in [0.25, 0.3) is 0 Å². The monoisotopic (exact) mass is 662 g/mol. The van der Waals surface area contributed by atoms with E-state index in [9.17, 15) is 0 Å². The second-order valence-corrected chi connectivity index (χ2v) is 13.1. The van der Waals surface area contributed by atoms with Crippen LogP contribution in [-0.4, -0.2) is 19.9 Å². The zero-order valence-electron chi connectivity index (χ0n) is 28.1. The summed E-state index contributed by atoms with van der Waals surface area (Å²) in [6.45, 7) is 0. The van der Waals surface area contributed by atoms with Crippen molar-refractivity contribution >= 4 is 43.4 Å². The molecule has 242 valence electrons. The summed E-state index contributed by atoms with van der Waals surface area (Å²) in [5.41, 5.74) is 10.5. The molecule has 10 rings (SSSR count). The molecule has 0 aliphatic rings. The molecule has 0 aliphatic heterocycles. The highest BCUT2D eigenvalue weighted by Crippen LogP contribution is 2.36. The highest BCUT2D eigenvalue weighted by molar-refractivity contribution is 6.14. The zero-order valence-corrected chi connectivity index (χ0v) is 28.1. The third-order valence-electron chi connectivity index (χ3n) is 9.85. The van der Waals surface area contributed by atoms with Crippen LogP contribution in [0, 0.1) is 0 Å². The summed E-state index contributed by atoms with van der Waals surface area (Å²) in [5, 5.41) is 7.16. The van der Waals surface area contributed by atoms with Crippen LogP contribution in [0.4, 0.5) is 0 Å². The summed E-state index contributed by atoms with van der Waals surface area (Å²) in [7, 11) is 0. The molecule has 0 radical (unpaired) electrons. The molecule has 0 unspecified atom stereocenters. The second-order valence-electron chi connectivity index (χ2n) is 13.1. The van der Waals surface area contributed by atoms with Crippen molar-refractivity contribution in [3.8, 4) is 56.4 Å². The first-order valence-corrected chi connectivity index (χ1v) is 17.5. The number of fused-ring (bicyclic) bond motifs is 5. The summed E-state index contributed by atoms with van der Waals surface area (Å²) in [6, 6.07) is 63.3. The van der Waals surface area contributed by atoms with Gasteiger partial charge in [0.2, 0.25) is 0 Å². The Balaban J connectivity index is 1.06. The molecule has 0 N–H and O–H groups in total. The minimum Gasteiger partial charge on any atom is -0.248 e. The van der Waals surface area contributed by atoms with Crippen LogP contribution in [0.1, 0.15) is 0 Å². The number of hydrogen-bond donors (Lipinski definition) is 0. The van der Waals surface area contributed by atoms with Crippen molar-refractivity contribution in [3.63, 3.8) is 0 Å². The van der Waals surface area contributed by atoms with E-state index in [4.69, 9.17) is 19.9 Å². The minimum absolute atomic E-state index is 0.670. The quantitative estimate of drug-likeness (QED) is 0.172. The lowest BCUT2D eigenvalue weighted by Gasteiger charge is -2.12. The van der Waals surface area contributed by atoms with Crippen LogP contribution in [0.3, 0.4) is 0 Å². The fourth-order valence-electron chi connectivity index (χ4n) is 7.22. The highest BCUT2D eigenvalue weighted by atomic mass is 14.9. The van der Waals surface area contributed by atoms with E-state index >= 15 is 0 Å². The van der Waals surface area contributed by atoms with E-state index in [0.717, 1.165) is 66.8 Å². The number of rotatable bonds is 5. The SMILES string of the molecule is c1ccc(-c2cc(-c3ccc4ccc(-c5ccc6ccc(-c7cccc8ccc9ccccc9c78)cc6n5)cc4n3)nc(-c3ccccc3)n2)cc1. The zero-order chi connectivity index (χ0) is 34.4. The third kappa shape index (κ3) is 5.34. The summed E-state index contributed by atoms with van der Waals surface area (Å²) >= 11 is 0. The molecule has 3 aromatic heterocycles. The largest absolute Gasteiger partial charge is 0.248 e. The van der Waals surface area contributed by atoms with E-state index in [1.54, 1.807) is 0 Å². The maximum absolute atomic E-state index is 5.20. The van der Waals surface area contributed by atoms with Gasteiger partial charge in [0.1, 0.15) is 0 Å². The Morgan fingerprint density at radius 1 is 0.288 bits per heavy atom. The van der Waals surface area contributed by atoms with Crippen LogP contribution < -0.4 is 0 Å². The van der Waals surface area contributed by atoms with Crippen molar-refractivity contribution in [3.05, 3.63) is 182 Å². The maximum Gasteiger partial charge on any atom is 0.160 e. The van der Waals surface area contributed by atoms with E-state index in [0.29, 0.717) is 5.82 Å². The first-order valence-electron chi connectivity index (χ1n) is 17.5. The molecule has 4 heteroatoms. The predicted molar refractivity (Wildman–Crippen MR) is 215 cm³/mol. The van der Waals surface area contributed by atoms with Crippen LogP contribution in [-0.2, 0) is 0 Å². The number of nitrogens with zero attached hydrogens (tertiary/aromatic N) is 4. The van der Waals surface area contributed by atoms with Crippen LogP contribution >= 0.6 is 0 Å². The topological polar surface area (TPSA) is 51.6 Å². The minimum atomic E-state index is 0.670. The Bertz CT molecular complexity index is 2900. The normalized spacial score (nSPS) is 11.5. The van der Waals surface area contributed by atoms with Gasteiger partial charge < -0.3 is 0 Å². The van der Waals surface area contributed by atoms with Crippen LogP contribution in [0.5, 0.6) is 0 Å². The molecule has 0 saturated carbocycles. The van der Waals surface area contributed by atoms with Gasteiger partial charge in [0.05, 0.1) is 33.8 Å². The molecule has 0 fully saturated rings. The molecular weight excluding hydrogens is 633 g/mol. The average molecular weight is 663 g/mol. The van der Waals surface area contributed by atoms with E-state index < -0.39 is 0 Å². The van der Waals surface area contributed by atoms with Gasteiger partial charge >= 0.3 is 0 Å². The van der Waals surface area contributed by atoms with Gasteiger partial charge in [-0.1, -0.05) is 152 Å². The molecule has 0 aliphatic carbocycles. The lowest BCUT2D eigenvalue weighted by molar-refractivity contribution is 1.17. The van der Waals surface area contributed by atoms with Gasteiger partial charge in [-0.3, -0.25) is 0 Å². The van der Waals surface area contributed by atoms with Gasteiger partial charge in [0.15, 0.2) is 5.82 Å². The molecule has 4 nitrogen and oxygen atoms in total. The molecule has 7 aromatic carbocycles. The van der Waals surface area contributed by atoms with Crippen molar-refractivity contribution in [2.24, 2.45) is 0 Å². The summed E-state index contributed by atoms with van der Waals surface area (Å²) in [4.78, 5) is 20.3. The standard InChI is InChI=1S/C48H30N4/c1-3-11-32(12-4-1)45-30-46(52-48(51-45)36-13-5-2-6-14-36)42-27-25-34-20-23-38(29-44(34)50-42)41-26-24-33-19-22-37(28-43(33)49-41)40-17-9-15-35-21-18-31-10-7-8-16-39(31)47(35)40/h1-30H. The second kappa shape index (κ2) is 12.4. The highest BCUT2D eigenvalue weighted by Gasteiger charge is 2.14. The van der Waals surface area contributed by atoms with E-state index in [1.165, 1.54) is 27.1 Å². The Hall–Kier alpha value is -7.04.